The molecule has 0 amide bonds. The van der Waals surface area contributed by atoms with Crippen molar-refractivity contribution in [3.05, 3.63) is 17.0 Å². The van der Waals surface area contributed by atoms with Gasteiger partial charge in [-0.15, -0.1) is 24.0 Å². The Labute approximate surface area is 151 Å². The van der Waals surface area contributed by atoms with Gasteiger partial charge in [0, 0.05) is 30.9 Å². The van der Waals surface area contributed by atoms with E-state index in [2.05, 4.69) is 43.4 Å². The van der Waals surface area contributed by atoms with Gasteiger partial charge in [-0.2, -0.15) is 5.10 Å². The van der Waals surface area contributed by atoms with Crippen LogP contribution in [0.25, 0.3) is 0 Å². The van der Waals surface area contributed by atoms with Gasteiger partial charge in [0.25, 0.3) is 0 Å². The maximum absolute atomic E-state index is 4.73. The molecule has 0 spiro atoms. The van der Waals surface area contributed by atoms with E-state index >= 15 is 0 Å². The number of aryl methyl sites for hydroxylation is 2. The van der Waals surface area contributed by atoms with E-state index in [9.17, 15) is 0 Å². The highest BCUT2D eigenvalue weighted by Crippen LogP contribution is 2.34. The minimum Gasteiger partial charge on any atom is -0.357 e. The Morgan fingerprint density at radius 2 is 2.09 bits per heavy atom. The molecule has 0 bridgehead atoms. The second kappa shape index (κ2) is 8.74. The molecule has 6 heteroatoms. The molecule has 1 heterocycles. The molecule has 1 aromatic rings. The van der Waals surface area contributed by atoms with Crippen LogP contribution in [-0.2, 0) is 13.6 Å². The van der Waals surface area contributed by atoms with Gasteiger partial charge in [0.1, 0.15) is 0 Å². The Kier molecular flexibility index (Phi) is 7.65. The molecule has 5 nitrogen and oxygen atoms in total. The number of hydrogen-bond acceptors (Lipinski definition) is 2. The van der Waals surface area contributed by atoms with Crippen LogP contribution < -0.4 is 10.6 Å². The topological polar surface area (TPSA) is 54.2 Å². The third-order valence-corrected chi connectivity index (χ3v) is 4.30. The van der Waals surface area contributed by atoms with Crippen LogP contribution in [0.3, 0.4) is 0 Å². The van der Waals surface area contributed by atoms with Crippen molar-refractivity contribution in [1.29, 1.82) is 0 Å². The highest BCUT2D eigenvalue weighted by atomic mass is 127. The molecule has 2 atom stereocenters. The summed E-state index contributed by atoms with van der Waals surface area (Å²) in [5.74, 6) is 1.77. The molecule has 0 saturated heterocycles. The highest BCUT2D eigenvalue weighted by Gasteiger charge is 2.36. The normalized spacial score (nSPS) is 20.5. The maximum atomic E-state index is 4.73. The van der Waals surface area contributed by atoms with Crippen molar-refractivity contribution in [3.8, 4) is 0 Å². The zero-order chi connectivity index (χ0) is 15.4. The third kappa shape index (κ3) is 4.86. The van der Waals surface area contributed by atoms with E-state index in [4.69, 9.17) is 4.99 Å². The van der Waals surface area contributed by atoms with Crippen LogP contribution in [0.4, 0.5) is 0 Å². The molecule has 2 N–H and O–H groups in total. The van der Waals surface area contributed by atoms with Crippen LogP contribution in [0.5, 0.6) is 0 Å². The number of nitrogens with zero attached hydrogens (tertiary/aromatic N) is 3. The SMILES string of the molecule is CCCC1CC1NC(=NCc1c(C)nn(C)c1C)NCC.I. The van der Waals surface area contributed by atoms with Crippen molar-refractivity contribution in [1.82, 2.24) is 20.4 Å². The minimum atomic E-state index is 0. The summed E-state index contributed by atoms with van der Waals surface area (Å²) in [6.45, 7) is 10.1. The zero-order valence-corrected chi connectivity index (χ0v) is 16.8. The van der Waals surface area contributed by atoms with E-state index in [0.717, 1.165) is 24.1 Å². The number of rotatable bonds is 6. The highest BCUT2D eigenvalue weighted by molar-refractivity contribution is 14.0. The number of aromatic nitrogens is 2. The third-order valence-electron chi connectivity index (χ3n) is 4.30. The van der Waals surface area contributed by atoms with E-state index in [1.165, 1.54) is 30.5 Å². The van der Waals surface area contributed by atoms with Gasteiger partial charge >= 0.3 is 0 Å². The van der Waals surface area contributed by atoms with Crippen molar-refractivity contribution >= 4 is 29.9 Å². The molecule has 0 aliphatic heterocycles. The van der Waals surface area contributed by atoms with Gasteiger partial charge in [0.2, 0.25) is 0 Å². The van der Waals surface area contributed by atoms with Crippen molar-refractivity contribution in [2.75, 3.05) is 6.54 Å². The summed E-state index contributed by atoms with van der Waals surface area (Å²) in [7, 11) is 1.98. The van der Waals surface area contributed by atoms with Crippen LogP contribution in [0.1, 0.15) is 50.1 Å². The van der Waals surface area contributed by atoms with E-state index in [0.29, 0.717) is 12.6 Å². The van der Waals surface area contributed by atoms with Crippen LogP contribution in [0.15, 0.2) is 4.99 Å². The lowest BCUT2D eigenvalue weighted by molar-refractivity contribution is 0.655. The molecule has 0 aromatic carbocycles. The quantitative estimate of drug-likeness (QED) is 0.424. The lowest BCUT2D eigenvalue weighted by Gasteiger charge is -2.11. The minimum absolute atomic E-state index is 0. The fourth-order valence-corrected chi connectivity index (χ4v) is 2.81. The predicted octanol–water partition coefficient (Wildman–Crippen LogP) is 2.90. The molecule has 2 rings (SSSR count). The summed E-state index contributed by atoms with van der Waals surface area (Å²) in [5.41, 5.74) is 3.50. The molecular formula is C16H30IN5. The van der Waals surface area contributed by atoms with E-state index in [1.807, 2.05) is 11.7 Å². The van der Waals surface area contributed by atoms with Gasteiger partial charge in [-0.1, -0.05) is 13.3 Å². The Hall–Kier alpha value is -0.790. The molecule has 1 aliphatic carbocycles. The van der Waals surface area contributed by atoms with Gasteiger partial charge in [-0.25, -0.2) is 4.99 Å². The van der Waals surface area contributed by atoms with Crippen molar-refractivity contribution in [2.45, 2.75) is 59.5 Å². The summed E-state index contributed by atoms with van der Waals surface area (Å²) in [4.78, 5) is 4.73. The van der Waals surface area contributed by atoms with E-state index in [-0.39, 0.29) is 24.0 Å². The first-order valence-electron chi connectivity index (χ1n) is 8.10. The first-order chi connectivity index (χ1) is 10.1. The number of hydrogen-bond donors (Lipinski definition) is 2. The molecule has 1 aliphatic rings. The standard InChI is InChI=1S/C16H29N5.HI/c1-6-8-13-9-15(13)19-16(17-7-2)18-10-14-11(3)20-21(5)12(14)4;/h13,15H,6-10H2,1-5H3,(H2,17,18,19);1H. The lowest BCUT2D eigenvalue weighted by atomic mass is 10.2. The maximum Gasteiger partial charge on any atom is 0.191 e. The van der Waals surface area contributed by atoms with Crippen LogP contribution >= 0.6 is 24.0 Å². The van der Waals surface area contributed by atoms with Gasteiger partial charge in [0.15, 0.2) is 5.96 Å². The first kappa shape index (κ1) is 19.3. The van der Waals surface area contributed by atoms with Crippen LogP contribution in [0.2, 0.25) is 0 Å². The lowest BCUT2D eigenvalue weighted by Crippen LogP contribution is -2.39. The van der Waals surface area contributed by atoms with Crippen molar-refractivity contribution in [2.24, 2.45) is 18.0 Å². The number of halogens is 1. The summed E-state index contributed by atoms with van der Waals surface area (Å²) >= 11 is 0. The number of nitrogens with one attached hydrogen (secondary N) is 2. The Balaban J connectivity index is 0.00000242. The van der Waals surface area contributed by atoms with Gasteiger partial charge in [-0.05, 0) is 39.5 Å². The summed E-state index contributed by atoms with van der Waals surface area (Å²) in [5, 5.41) is 11.3. The largest absolute Gasteiger partial charge is 0.357 e. The van der Waals surface area contributed by atoms with Crippen molar-refractivity contribution in [3.63, 3.8) is 0 Å². The first-order valence-corrected chi connectivity index (χ1v) is 8.10. The molecule has 1 saturated carbocycles. The smallest absolute Gasteiger partial charge is 0.191 e. The summed E-state index contributed by atoms with van der Waals surface area (Å²) in [6, 6.07) is 0.610. The molecule has 126 valence electrons. The summed E-state index contributed by atoms with van der Waals surface area (Å²) < 4.78 is 1.93. The van der Waals surface area contributed by atoms with Crippen molar-refractivity contribution < 1.29 is 0 Å². The van der Waals surface area contributed by atoms with Gasteiger partial charge < -0.3 is 10.6 Å². The van der Waals surface area contributed by atoms with Gasteiger partial charge in [-0.3, -0.25) is 4.68 Å². The monoisotopic (exact) mass is 419 g/mol. The fourth-order valence-electron chi connectivity index (χ4n) is 2.81. The Bertz CT molecular complexity index is 509. The van der Waals surface area contributed by atoms with Crippen LogP contribution in [-0.4, -0.2) is 28.3 Å². The van der Waals surface area contributed by atoms with E-state index < -0.39 is 0 Å². The second-order valence-electron chi connectivity index (χ2n) is 6.00. The fraction of sp³-hybridized carbons (Fsp3) is 0.750. The Morgan fingerprint density at radius 3 is 2.64 bits per heavy atom. The Morgan fingerprint density at radius 1 is 1.36 bits per heavy atom. The van der Waals surface area contributed by atoms with Crippen LogP contribution in [0, 0.1) is 19.8 Å². The average molecular weight is 419 g/mol. The molecule has 1 aromatic heterocycles. The average Bonchev–Trinajstić information content (AvgIpc) is 3.11. The number of guanidine groups is 1. The number of aliphatic imine (C=N–C) groups is 1. The molecule has 22 heavy (non-hydrogen) atoms. The molecule has 2 unspecified atom stereocenters. The summed E-state index contributed by atoms with van der Waals surface area (Å²) in [6.07, 6.45) is 3.87. The molecule has 1 fully saturated rings. The molecular weight excluding hydrogens is 389 g/mol. The predicted molar refractivity (Wildman–Crippen MR) is 103 cm³/mol. The van der Waals surface area contributed by atoms with E-state index in [1.54, 1.807) is 0 Å². The van der Waals surface area contributed by atoms with Gasteiger partial charge in [0.05, 0.1) is 12.2 Å². The molecule has 0 radical (unpaired) electrons. The second-order valence-corrected chi connectivity index (χ2v) is 6.00. The zero-order valence-electron chi connectivity index (χ0n) is 14.4.